The van der Waals surface area contributed by atoms with Gasteiger partial charge in [0, 0.05) is 4.47 Å². The standard InChI is InChI=1S/C10H15BO2.C10H13Br/c1-3-8-6-5-7-9(4-2)10(8)11(12)13;1-3-8-6-5-7-9(4-2)10(8)11/h5-7,12-13H,3-4H2,1-2H3;5-7H,3-4H2,1-2H3. The van der Waals surface area contributed by atoms with E-state index in [0.717, 1.165) is 36.8 Å². The van der Waals surface area contributed by atoms with Crippen LogP contribution in [0.1, 0.15) is 49.9 Å². The van der Waals surface area contributed by atoms with Crippen LogP contribution < -0.4 is 5.46 Å². The van der Waals surface area contributed by atoms with Crippen molar-refractivity contribution in [3.05, 3.63) is 63.1 Å². The first-order valence-corrected chi connectivity index (χ1v) is 9.52. The maximum atomic E-state index is 9.20. The first kappa shape index (κ1) is 20.9. The van der Waals surface area contributed by atoms with Gasteiger partial charge in [-0.25, -0.2) is 0 Å². The van der Waals surface area contributed by atoms with Crippen LogP contribution in [0.15, 0.2) is 40.9 Å². The fourth-order valence-corrected chi connectivity index (χ4v) is 3.62. The number of hydrogen-bond donors (Lipinski definition) is 2. The number of benzene rings is 2. The molecule has 0 aromatic heterocycles. The summed E-state index contributed by atoms with van der Waals surface area (Å²) in [5, 5.41) is 18.4. The lowest BCUT2D eigenvalue weighted by atomic mass is 9.73. The Balaban J connectivity index is 0.000000243. The Morgan fingerprint density at radius 1 is 0.708 bits per heavy atom. The molecule has 2 aromatic carbocycles. The van der Waals surface area contributed by atoms with E-state index in [9.17, 15) is 10.0 Å². The molecule has 2 N–H and O–H groups in total. The Bertz CT molecular complexity index is 597. The van der Waals surface area contributed by atoms with E-state index in [4.69, 9.17) is 0 Å². The molecule has 0 atom stereocenters. The van der Waals surface area contributed by atoms with E-state index in [1.807, 2.05) is 32.0 Å². The molecule has 2 rings (SSSR count). The molecule has 0 unspecified atom stereocenters. The van der Waals surface area contributed by atoms with Crippen LogP contribution in [0.25, 0.3) is 0 Å². The Morgan fingerprint density at radius 3 is 1.33 bits per heavy atom. The van der Waals surface area contributed by atoms with Crippen molar-refractivity contribution in [2.45, 2.75) is 53.4 Å². The number of halogens is 1. The van der Waals surface area contributed by atoms with Gasteiger partial charge in [-0.05, 0) is 53.4 Å². The highest BCUT2D eigenvalue weighted by atomic mass is 79.9. The number of rotatable bonds is 5. The molecule has 0 saturated carbocycles. The highest BCUT2D eigenvalue weighted by molar-refractivity contribution is 9.10. The molecule has 130 valence electrons. The van der Waals surface area contributed by atoms with Crippen molar-refractivity contribution in [1.82, 2.24) is 0 Å². The van der Waals surface area contributed by atoms with Crippen LogP contribution in [0.2, 0.25) is 0 Å². The van der Waals surface area contributed by atoms with E-state index in [1.54, 1.807) is 0 Å². The monoisotopic (exact) mass is 390 g/mol. The van der Waals surface area contributed by atoms with Gasteiger partial charge in [0.1, 0.15) is 0 Å². The Hall–Kier alpha value is -1.10. The molecule has 0 aliphatic carbocycles. The third kappa shape index (κ3) is 5.47. The van der Waals surface area contributed by atoms with Gasteiger partial charge < -0.3 is 10.0 Å². The van der Waals surface area contributed by atoms with Crippen LogP contribution in [-0.2, 0) is 25.7 Å². The van der Waals surface area contributed by atoms with E-state index in [1.165, 1.54) is 15.6 Å². The molecule has 0 heterocycles. The Kier molecular flexibility index (Phi) is 9.34. The fourth-order valence-electron chi connectivity index (χ4n) is 2.79. The van der Waals surface area contributed by atoms with Crippen molar-refractivity contribution < 1.29 is 10.0 Å². The quantitative estimate of drug-likeness (QED) is 0.755. The van der Waals surface area contributed by atoms with Crippen molar-refractivity contribution in [1.29, 1.82) is 0 Å². The molecule has 2 aromatic rings. The molecule has 2 nitrogen and oxygen atoms in total. The SMILES string of the molecule is CCc1cccc(CC)c1B(O)O.CCc1cccc(CC)c1Br. The van der Waals surface area contributed by atoms with E-state index >= 15 is 0 Å². The maximum absolute atomic E-state index is 9.20. The van der Waals surface area contributed by atoms with Crippen LogP contribution in [0.4, 0.5) is 0 Å². The van der Waals surface area contributed by atoms with Gasteiger partial charge in [0.2, 0.25) is 0 Å². The molecular formula is C20H28BBrO2. The zero-order valence-electron chi connectivity index (χ0n) is 15.1. The number of hydrogen-bond acceptors (Lipinski definition) is 2. The van der Waals surface area contributed by atoms with Gasteiger partial charge >= 0.3 is 7.12 Å². The highest BCUT2D eigenvalue weighted by Crippen LogP contribution is 2.22. The summed E-state index contributed by atoms with van der Waals surface area (Å²) in [6, 6.07) is 12.3. The predicted molar refractivity (Wildman–Crippen MR) is 108 cm³/mol. The molecule has 0 radical (unpaired) electrons. The van der Waals surface area contributed by atoms with Crippen molar-refractivity contribution in [2.75, 3.05) is 0 Å². The Labute approximate surface area is 155 Å². The average Bonchev–Trinajstić information content (AvgIpc) is 2.61. The minimum atomic E-state index is -1.34. The van der Waals surface area contributed by atoms with Gasteiger partial charge in [-0.15, -0.1) is 0 Å². The van der Waals surface area contributed by atoms with E-state index in [0.29, 0.717) is 5.46 Å². The molecule has 0 aliphatic heterocycles. The summed E-state index contributed by atoms with van der Waals surface area (Å²) in [6.45, 7) is 8.39. The lowest BCUT2D eigenvalue weighted by molar-refractivity contribution is 0.425. The minimum Gasteiger partial charge on any atom is -0.423 e. The lowest BCUT2D eigenvalue weighted by Gasteiger charge is -2.11. The van der Waals surface area contributed by atoms with Gasteiger partial charge in [-0.2, -0.15) is 0 Å². The second-order valence-electron chi connectivity index (χ2n) is 5.67. The largest absolute Gasteiger partial charge is 0.488 e. The first-order chi connectivity index (χ1) is 11.5. The third-order valence-electron chi connectivity index (χ3n) is 4.23. The summed E-state index contributed by atoms with van der Waals surface area (Å²) in [4.78, 5) is 0. The predicted octanol–water partition coefficient (Wildman–Crippen LogP) is 4.07. The molecule has 0 saturated heterocycles. The molecule has 0 spiro atoms. The topological polar surface area (TPSA) is 40.5 Å². The first-order valence-electron chi connectivity index (χ1n) is 8.72. The maximum Gasteiger partial charge on any atom is 0.488 e. The van der Waals surface area contributed by atoms with Gasteiger partial charge in [0.05, 0.1) is 0 Å². The summed E-state index contributed by atoms with van der Waals surface area (Å²) < 4.78 is 1.30. The van der Waals surface area contributed by atoms with E-state index < -0.39 is 7.12 Å². The molecule has 4 heteroatoms. The minimum absolute atomic E-state index is 0.688. The zero-order valence-corrected chi connectivity index (χ0v) is 16.7. The molecular weight excluding hydrogens is 363 g/mol. The molecule has 24 heavy (non-hydrogen) atoms. The highest BCUT2D eigenvalue weighted by Gasteiger charge is 2.18. The average molecular weight is 391 g/mol. The Morgan fingerprint density at radius 2 is 1.04 bits per heavy atom. The zero-order chi connectivity index (χ0) is 18.1. The second kappa shape index (κ2) is 10.7. The van der Waals surface area contributed by atoms with Crippen LogP contribution in [0.3, 0.4) is 0 Å². The second-order valence-corrected chi connectivity index (χ2v) is 6.46. The van der Waals surface area contributed by atoms with Gasteiger partial charge in [-0.1, -0.05) is 80.0 Å². The molecule has 0 bridgehead atoms. The summed E-state index contributed by atoms with van der Waals surface area (Å²) >= 11 is 3.60. The van der Waals surface area contributed by atoms with Crippen LogP contribution in [-0.4, -0.2) is 17.2 Å². The smallest absolute Gasteiger partial charge is 0.423 e. The van der Waals surface area contributed by atoms with Crippen molar-refractivity contribution in [2.24, 2.45) is 0 Å². The van der Waals surface area contributed by atoms with Crippen molar-refractivity contribution in [3.8, 4) is 0 Å². The van der Waals surface area contributed by atoms with Gasteiger partial charge in [0.25, 0.3) is 0 Å². The van der Waals surface area contributed by atoms with Crippen molar-refractivity contribution >= 4 is 28.5 Å². The normalized spacial score (nSPS) is 10.1. The molecule has 0 amide bonds. The molecule has 0 fully saturated rings. The fraction of sp³-hybridized carbons (Fsp3) is 0.400. The lowest BCUT2D eigenvalue weighted by Crippen LogP contribution is -2.35. The number of aryl methyl sites for hydroxylation is 4. The molecule has 0 aliphatic rings. The summed E-state index contributed by atoms with van der Waals surface area (Å²) in [6.07, 6.45) is 3.88. The summed E-state index contributed by atoms with van der Waals surface area (Å²) in [5.41, 5.74) is 5.55. The van der Waals surface area contributed by atoms with Crippen LogP contribution >= 0.6 is 15.9 Å². The summed E-state index contributed by atoms with van der Waals surface area (Å²) in [7, 11) is -1.34. The van der Waals surface area contributed by atoms with Crippen LogP contribution in [0, 0.1) is 0 Å². The van der Waals surface area contributed by atoms with Crippen molar-refractivity contribution in [3.63, 3.8) is 0 Å². The van der Waals surface area contributed by atoms with E-state index in [2.05, 4.69) is 48.0 Å². The third-order valence-corrected chi connectivity index (χ3v) is 5.25. The van der Waals surface area contributed by atoms with E-state index in [-0.39, 0.29) is 0 Å². The summed E-state index contributed by atoms with van der Waals surface area (Å²) in [5.74, 6) is 0. The van der Waals surface area contributed by atoms with Crippen LogP contribution in [0.5, 0.6) is 0 Å². The van der Waals surface area contributed by atoms with Gasteiger partial charge in [-0.3, -0.25) is 0 Å². The van der Waals surface area contributed by atoms with Gasteiger partial charge in [0.15, 0.2) is 0 Å².